The van der Waals surface area contributed by atoms with Gasteiger partial charge in [0.2, 0.25) is 0 Å². The Morgan fingerprint density at radius 1 is 1.14 bits per heavy atom. The first-order valence-electron chi connectivity index (χ1n) is 5.99. The summed E-state index contributed by atoms with van der Waals surface area (Å²) in [4.78, 5) is 0. The predicted octanol–water partition coefficient (Wildman–Crippen LogP) is 2.58. The van der Waals surface area contributed by atoms with Gasteiger partial charge >= 0.3 is 0 Å². The van der Waals surface area contributed by atoms with Gasteiger partial charge in [0.25, 0.3) is 0 Å². The minimum atomic E-state index is 0.336. The number of methoxy groups -OCH3 is 1. The molecule has 2 heteroatoms. The lowest BCUT2D eigenvalue weighted by atomic mass is 9.89. The molecule has 0 aromatic rings. The van der Waals surface area contributed by atoms with E-state index in [1.54, 1.807) is 0 Å². The summed E-state index contributed by atoms with van der Waals surface area (Å²) < 4.78 is 5.43. The second-order valence-electron chi connectivity index (χ2n) is 4.51. The third-order valence-corrected chi connectivity index (χ3v) is 3.62. The monoisotopic (exact) mass is 199 g/mol. The fourth-order valence-electron chi connectivity index (χ4n) is 2.67. The Labute approximate surface area is 88.4 Å². The average Bonchev–Trinajstić information content (AvgIpc) is 2.47. The van der Waals surface area contributed by atoms with Crippen LogP contribution in [-0.2, 0) is 4.74 Å². The Hall–Kier alpha value is -0.0800. The summed E-state index contributed by atoms with van der Waals surface area (Å²) in [5.74, 6) is 0.817. The van der Waals surface area contributed by atoms with E-state index >= 15 is 0 Å². The third-order valence-electron chi connectivity index (χ3n) is 3.62. The zero-order valence-corrected chi connectivity index (χ0v) is 9.88. The van der Waals surface area contributed by atoms with E-state index in [1.165, 1.54) is 38.5 Å². The first-order chi connectivity index (χ1) is 6.79. The molecule has 0 saturated heterocycles. The van der Waals surface area contributed by atoms with Crippen LogP contribution in [0.15, 0.2) is 0 Å². The molecule has 0 aliphatic heterocycles. The minimum absolute atomic E-state index is 0.336. The average molecular weight is 199 g/mol. The maximum Gasteiger partial charge on any atom is 0.0698 e. The second-order valence-corrected chi connectivity index (χ2v) is 4.51. The fourth-order valence-corrected chi connectivity index (χ4v) is 2.67. The normalized spacial score (nSPS) is 24.2. The van der Waals surface area contributed by atoms with Gasteiger partial charge in [-0.25, -0.2) is 0 Å². The van der Waals surface area contributed by atoms with Crippen molar-refractivity contribution in [3.8, 4) is 0 Å². The highest BCUT2D eigenvalue weighted by Crippen LogP contribution is 2.27. The van der Waals surface area contributed by atoms with E-state index in [2.05, 4.69) is 19.3 Å². The Balaban J connectivity index is 2.48. The third kappa shape index (κ3) is 3.25. The van der Waals surface area contributed by atoms with Crippen molar-refractivity contribution in [3.63, 3.8) is 0 Å². The van der Waals surface area contributed by atoms with Crippen LogP contribution < -0.4 is 5.32 Å². The van der Waals surface area contributed by atoms with Gasteiger partial charge in [0.15, 0.2) is 0 Å². The fraction of sp³-hybridized carbons (Fsp3) is 1.00. The Bertz CT molecular complexity index is 141. The zero-order chi connectivity index (χ0) is 10.4. The van der Waals surface area contributed by atoms with Crippen LogP contribution in [0.3, 0.4) is 0 Å². The molecule has 0 spiro atoms. The summed E-state index contributed by atoms with van der Waals surface area (Å²) in [6.45, 7) is 2.17. The molecule has 2 nitrogen and oxygen atoms in total. The molecule has 1 saturated carbocycles. The molecule has 0 aromatic heterocycles. The Kier molecular flexibility index (Phi) is 5.49. The van der Waals surface area contributed by atoms with Crippen LogP contribution in [0.1, 0.15) is 45.4 Å². The summed E-state index contributed by atoms with van der Waals surface area (Å²) in [7, 11) is 3.87. The summed E-state index contributed by atoms with van der Waals surface area (Å²) >= 11 is 0. The van der Waals surface area contributed by atoms with Crippen LogP contribution >= 0.6 is 0 Å². The van der Waals surface area contributed by atoms with Crippen LogP contribution in [-0.4, -0.2) is 26.3 Å². The topological polar surface area (TPSA) is 21.3 Å². The lowest BCUT2D eigenvalue weighted by Crippen LogP contribution is -2.43. The second kappa shape index (κ2) is 6.41. The Morgan fingerprint density at radius 3 is 2.14 bits per heavy atom. The molecule has 0 radical (unpaired) electrons. The molecule has 2 unspecified atom stereocenters. The quantitative estimate of drug-likeness (QED) is 0.703. The molecule has 84 valence electrons. The summed E-state index contributed by atoms with van der Waals surface area (Å²) in [6, 6.07) is 0.540. The van der Waals surface area contributed by atoms with Crippen molar-refractivity contribution >= 4 is 0 Å². The number of rotatable bonds is 4. The molecule has 0 bridgehead atoms. The van der Waals surface area contributed by atoms with E-state index in [9.17, 15) is 0 Å². The summed E-state index contributed by atoms with van der Waals surface area (Å²) in [5.41, 5.74) is 0. The Morgan fingerprint density at radius 2 is 1.71 bits per heavy atom. The van der Waals surface area contributed by atoms with Crippen molar-refractivity contribution < 1.29 is 4.74 Å². The van der Waals surface area contributed by atoms with E-state index in [1.807, 2.05) is 7.11 Å². The van der Waals surface area contributed by atoms with E-state index < -0.39 is 0 Å². The van der Waals surface area contributed by atoms with Crippen LogP contribution in [0.2, 0.25) is 0 Å². The van der Waals surface area contributed by atoms with Gasteiger partial charge in [-0.15, -0.1) is 0 Å². The highest BCUT2D eigenvalue weighted by Gasteiger charge is 2.25. The van der Waals surface area contributed by atoms with Crippen molar-refractivity contribution in [2.75, 3.05) is 14.2 Å². The first-order valence-corrected chi connectivity index (χ1v) is 5.99. The van der Waals surface area contributed by atoms with Crippen LogP contribution in [0.25, 0.3) is 0 Å². The highest BCUT2D eigenvalue weighted by molar-refractivity contribution is 4.81. The summed E-state index contributed by atoms with van der Waals surface area (Å²) in [6.07, 6.45) is 8.74. The molecule has 1 N–H and O–H groups in total. The highest BCUT2D eigenvalue weighted by atomic mass is 16.5. The van der Waals surface area contributed by atoms with Crippen molar-refractivity contribution in [2.45, 2.75) is 57.6 Å². The molecule has 1 fully saturated rings. The number of nitrogens with one attached hydrogen (secondary N) is 1. The number of hydrogen-bond donors (Lipinski definition) is 1. The smallest absolute Gasteiger partial charge is 0.0698 e. The summed E-state index contributed by atoms with van der Waals surface area (Å²) in [5, 5.41) is 3.43. The molecule has 1 aliphatic carbocycles. The van der Waals surface area contributed by atoms with E-state index in [0.29, 0.717) is 12.1 Å². The van der Waals surface area contributed by atoms with Crippen LogP contribution in [0, 0.1) is 5.92 Å². The van der Waals surface area contributed by atoms with Crippen molar-refractivity contribution in [1.29, 1.82) is 0 Å². The lowest BCUT2D eigenvalue weighted by Gasteiger charge is -2.30. The van der Waals surface area contributed by atoms with E-state index in [4.69, 9.17) is 4.74 Å². The molecule has 14 heavy (non-hydrogen) atoms. The van der Waals surface area contributed by atoms with E-state index in [-0.39, 0.29) is 0 Å². The largest absolute Gasteiger partial charge is 0.380 e. The van der Waals surface area contributed by atoms with Gasteiger partial charge < -0.3 is 10.1 Å². The van der Waals surface area contributed by atoms with Crippen molar-refractivity contribution in [2.24, 2.45) is 5.92 Å². The maximum absolute atomic E-state index is 5.43. The maximum atomic E-state index is 5.43. The first kappa shape index (κ1) is 12.0. The molecular formula is C12H25NO. The molecule has 0 amide bonds. The van der Waals surface area contributed by atoms with Gasteiger partial charge in [-0.05, 0) is 32.7 Å². The van der Waals surface area contributed by atoms with E-state index in [0.717, 1.165) is 5.92 Å². The van der Waals surface area contributed by atoms with Crippen LogP contribution in [0.5, 0.6) is 0 Å². The van der Waals surface area contributed by atoms with Gasteiger partial charge in [0.1, 0.15) is 0 Å². The lowest BCUT2D eigenvalue weighted by molar-refractivity contribution is 0.0605. The van der Waals surface area contributed by atoms with Gasteiger partial charge in [0, 0.05) is 13.2 Å². The predicted molar refractivity (Wildman–Crippen MR) is 60.5 cm³/mol. The van der Waals surface area contributed by atoms with Gasteiger partial charge in [0.05, 0.1) is 6.10 Å². The molecule has 1 rings (SSSR count). The molecule has 0 aromatic carbocycles. The zero-order valence-electron chi connectivity index (χ0n) is 9.88. The van der Waals surface area contributed by atoms with Crippen molar-refractivity contribution in [1.82, 2.24) is 5.32 Å². The molecular weight excluding hydrogens is 174 g/mol. The minimum Gasteiger partial charge on any atom is -0.380 e. The van der Waals surface area contributed by atoms with Gasteiger partial charge in [-0.3, -0.25) is 0 Å². The SMILES string of the molecule is CNC(C1CCCCCC1)C(C)OC. The molecule has 1 aliphatic rings. The van der Waals surface area contributed by atoms with Crippen molar-refractivity contribution in [3.05, 3.63) is 0 Å². The standard InChI is InChI=1S/C12H25NO/c1-10(14-3)12(13-2)11-8-6-4-5-7-9-11/h10-13H,4-9H2,1-3H3. The number of likely N-dealkylation sites (N-methyl/N-ethyl adjacent to an activating group) is 1. The molecule has 2 atom stereocenters. The van der Waals surface area contributed by atoms with Crippen LogP contribution in [0.4, 0.5) is 0 Å². The van der Waals surface area contributed by atoms with Gasteiger partial charge in [-0.1, -0.05) is 25.7 Å². The number of ether oxygens (including phenoxy) is 1. The van der Waals surface area contributed by atoms with Gasteiger partial charge in [-0.2, -0.15) is 0 Å². The molecule has 0 heterocycles. The number of hydrogen-bond acceptors (Lipinski definition) is 2.